The number of carbonyl (C=O) groups is 2. The molecule has 1 aromatic rings. The fourth-order valence-corrected chi connectivity index (χ4v) is 2.11. The summed E-state index contributed by atoms with van der Waals surface area (Å²) in [4.78, 5) is 22.1. The van der Waals surface area contributed by atoms with E-state index in [9.17, 15) is 9.59 Å². The molecule has 18 heavy (non-hydrogen) atoms. The maximum Gasteiger partial charge on any atom is 0.234 e. The molecule has 3 N–H and O–H groups in total. The van der Waals surface area contributed by atoms with Crippen LogP contribution >= 0.6 is 11.8 Å². The Bertz CT molecular complexity index is 404. The topological polar surface area (TPSA) is 72.2 Å². The minimum atomic E-state index is -0.335. The molecule has 1 rings (SSSR count). The molecule has 1 aromatic carbocycles. The Balaban J connectivity index is 2.28. The van der Waals surface area contributed by atoms with E-state index in [2.05, 4.69) is 12.2 Å². The van der Waals surface area contributed by atoms with Crippen LogP contribution in [0.5, 0.6) is 0 Å². The molecule has 0 fully saturated rings. The van der Waals surface area contributed by atoms with Gasteiger partial charge in [0.1, 0.15) is 0 Å². The first-order valence-electron chi connectivity index (χ1n) is 5.86. The predicted molar refractivity (Wildman–Crippen MR) is 75.6 cm³/mol. The van der Waals surface area contributed by atoms with Crippen LogP contribution in [-0.4, -0.2) is 23.3 Å². The smallest absolute Gasteiger partial charge is 0.234 e. The number of carbonyl (C=O) groups excluding carboxylic acids is 2. The van der Waals surface area contributed by atoms with Crippen molar-refractivity contribution in [3.8, 4) is 0 Å². The van der Waals surface area contributed by atoms with Gasteiger partial charge in [-0.05, 0) is 24.1 Å². The molecule has 0 aliphatic carbocycles. The number of anilines is 1. The summed E-state index contributed by atoms with van der Waals surface area (Å²) in [5.41, 5.74) is 7.05. The minimum Gasteiger partial charge on any atom is -0.370 e. The van der Waals surface area contributed by atoms with Crippen molar-refractivity contribution in [3.63, 3.8) is 0 Å². The molecule has 0 aliphatic heterocycles. The van der Waals surface area contributed by atoms with E-state index in [0.29, 0.717) is 17.9 Å². The van der Waals surface area contributed by atoms with Gasteiger partial charge in [0, 0.05) is 17.9 Å². The van der Waals surface area contributed by atoms with Gasteiger partial charge in [0.25, 0.3) is 0 Å². The molecule has 5 heteroatoms. The molecule has 0 bridgehead atoms. The molecule has 0 spiro atoms. The van der Waals surface area contributed by atoms with E-state index in [0.717, 1.165) is 12.1 Å². The molecule has 0 unspecified atom stereocenters. The second kappa shape index (κ2) is 7.76. The van der Waals surface area contributed by atoms with Gasteiger partial charge < -0.3 is 11.1 Å². The average Bonchev–Trinajstić information content (AvgIpc) is 2.35. The summed E-state index contributed by atoms with van der Waals surface area (Å²) in [5, 5.41) is 2.81. The van der Waals surface area contributed by atoms with Gasteiger partial charge in [-0.15, -0.1) is 0 Å². The summed E-state index contributed by atoms with van der Waals surface area (Å²) in [6.07, 6.45) is 1.29. The zero-order valence-electron chi connectivity index (χ0n) is 10.4. The van der Waals surface area contributed by atoms with Gasteiger partial charge in [-0.3, -0.25) is 9.59 Å². The Morgan fingerprint density at radius 3 is 2.50 bits per heavy atom. The quantitative estimate of drug-likeness (QED) is 0.739. The molecular formula is C13H18N2O2S. The van der Waals surface area contributed by atoms with E-state index >= 15 is 0 Å². The van der Waals surface area contributed by atoms with Crippen molar-refractivity contribution in [2.24, 2.45) is 5.73 Å². The van der Waals surface area contributed by atoms with Crippen LogP contribution in [0.15, 0.2) is 24.3 Å². The van der Waals surface area contributed by atoms with Crippen LogP contribution < -0.4 is 11.1 Å². The zero-order valence-corrected chi connectivity index (χ0v) is 11.3. The van der Waals surface area contributed by atoms with E-state index in [4.69, 9.17) is 5.73 Å². The maximum absolute atomic E-state index is 11.6. The van der Waals surface area contributed by atoms with Gasteiger partial charge >= 0.3 is 0 Å². The fourth-order valence-electron chi connectivity index (χ4n) is 1.36. The third kappa shape index (κ3) is 5.72. The molecule has 0 heterocycles. The van der Waals surface area contributed by atoms with Crippen LogP contribution in [0.4, 0.5) is 5.69 Å². The summed E-state index contributed by atoms with van der Waals surface area (Å²) >= 11 is 1.40. The van der Waals surface area contributed by atoms with Crippen LogP contribution in [-0.2, 0) is 16.0 Å². The number of primary amides is 1. The molecule has 0 aromatic heterocycles. The van der Waals surface area contributed by atoms with Gasteiger partial charge in [0.05, 0.1) is 5.75 Å². The molecular weight excluding hydrogens is 248 g/mol. The molecule has 0 aliphatic rings. The summed E-state index contributed by atoms with van der Waals surface area (Å²) in [6.45, 7) is 2.09. The van der Waals surface area contributed by atoms with Gasteiger partial charge in [0.2, 0.25) is 11.8 Å². The third-order valence-corrected chi connectivity index (χ3v) is 3.33. The van der Waals surface area contributed by atoms with E-state index in [-0.39, 0.29) is 11.8 Å². The lowest BCUT2D eigenvalue weighted by Gasteiger charge is -2.05. The van der Waals surface area contributed by atoms with Crippen LogP contribution in [0.2, 0.25) is 0 Å². The maximum atomic E-state index is 11.6. The first-order valence-corrected chi connectivity index (χ1v) is 7.02. The Hall–Kier alpha value is -1.49. The Kier molecular flexibility index (Phi) is 6.28. The summed E-state index contributed by atoms with van der Waals surface area (Å²) < 4.78 is 0. The van der Waals surface area contributed by atoms with E-state index < -0.39 is 0 Å². The van der Waals surface area contributed by atoms with Gasteiger partial charge in [-0.2, -0.15) is 11.8 Å². The second-order valence-corrected chi connectivity index (χ2v) is 4.97. The number of benzene rings is 1. The highest BCUT2D eigenvalue weighted by atomic mass is 32.2. The number of nitrogens with two attached hydrogens (primary N) is 1. The minimum absolute atomic E-state index is 0.0614. The number of thioether (sulfide) groups is 1. The lowest BCUT2D eigenvalue weighted by atomic mass is 10.1. The zero-order chi connectivity index (χ0) is 13.4. The first-order chi connectivity index (χ1) is 8.61. The largest absolute Gasteiger partial charge is 0.370 e. The van der Waals surface area contributed by atoms with Gasteiger partial charge in [-0.1, -0.05) is 19.1 Å². The summed E-state index contributed by atoms with van der Waals surface area (Å²) in [5.74, 6) is 0.521. The van der Waals surface area contributed by atoms with Crippen LogP contribution in [0.25, 0.3) is 0 Å². The number of hydrogen-bond donors (Lipinski definition) is 2. The first kappa shape index (κ1) is 14.6. The molecule has 4 nitrogen and oxygen atoms in total. The normalized spacial score (nSPS) is 10.1. The van der Waals surface area contributed by atoms with Gasteiger partial charge in [0.15, 0.2) is 0 Å². The average molecular weight is 266 g/mol. The van der Waals surface area contributed by atoms with Crippen molar-refractivity contribution in [2.45, 2.75) is 19.8 Å². The van der Waals surface area contributed by atoms with Crippen molar-refractivity contribution in [2.75, 3.05) is 16.8 Å². The molecule has 0 atom stereocenters. The highest BCUT2D eigenvalue weighted by molar-refractivity contribution is 7.99. The number of hydrogen-bond acceptors (Lipinski definition) is 3. The van der Waals surface area contributed by atoms with Crippen LogP contribution in [0.1, 0.15) is 18.9 Å². The number of aryl methyl sites for hydroxylation is 1. The Labute approximate surface area is 111 Å². The Morgan fingerprint density at radius 2 is 1.94 bits per heavy atom. The standard InChI is InChI=1S/C13H18N2O2S/c1-2-10-3-5-11(6-4-10)15-13(17)9-18-8-7-12(14)16/h3-6H,2,7-9H2,1H3,(H2,14,16)(H,15,17). The fraction of sp³-hybridized carbons (Fsp3) is 0.385. The molecule has 2 amide bonds. The predicted octanol–water partition coefficient (Wildman–Crippen LogP) is 1.80. The third-order valence-electron chi connectivity index (χ3n) is 2.37. The van der Waals surface area contributed by atoms with Crippen molar-refractivity contribution in [3.05, 3.63) is 29.8 Å². The summed E-state index contributed by atoms with van der Waals surface area (Å²) in [7, 11) is 0. The van der Waals surface area contributed by atoms with Crippen molar-refractivity contribution in [1.82, 2.24) is 0 Å². The molecule has 98 valence electrons. The molecule has 0 saturated carbocycles. The number of nitrogens with one attached hydrogen (secondary N) is 1. The van der Waals surface area contributed by atoms with Crippen LogP contribution in [0, 0.1) is 0 Å². The monoisotopic (exact) mass is 266 g/mol. The molecule has 0 saturated heterocycles. The highest BCUT2D eigenvalue weighted by Crippen LogP contribution is 2.11. The van der Waals surface area contributed by atoms with Crippen LogP contribution in [0.3, 0.4) is 0 Å². The number of amides is 2. The highest BCUT2D eigenvalue weighted by Gasteiger charge is 2.03. The molecule has 0 radical (unpaired) electrons. The Morgan fingerprint density at radius 1 is 1.28 bits per heavy atom. The van der Waals surface area contributed by atoms with Gasteiger partial charge in [-0.25, -0.2) is 0 Å². The lowest BCUT2D eigenvalue weighted by molar-refractivity contribution is -0.117. The van der Waals surface area contributed by atoms with E-state index in [1.54, 1.807) is 0 Å². The summed E-state index contributed by atoms with van der Waals surface area (Å²) in [6, 6.07) is 7.78. The van der Waals surface area contributed by atoms with Crippen molar-refractivity contribution < 1.29 is 9.59 Å². The van der Waals surface area contributed by atoms with E-state index in [1.807, 2.05) is 24.3 Å². The van der Waals surface area contributed by atoms with Crippen molar-refractivity contribution >= 4 is 29.3 Å². The van der Waals surface area contributed by atoms with E-state index in [1.165, 1.54) is 17.3 Å². The number of rotatable bonds is 7. The van der Waals surface area contributed by atoms with Crippen molar-refractivity contribution in [1.29, 1.82) is 0 Å². The SMILES string of the molecule is CCc1ccc(NC(=O)CSCCC(N)=O)cc1. The second-order valence-electron chi connectivity index (χ2n) is 3.87. The lowest BCUT2D eigenvalue weighted by Crippen LogP contribution is -2.16.